The lowest BCUT2D eigenvalue weighted by molar-refractivity contribution is 0.177. The molecule has 1 aliphatic carbocycles. The van der Waals surface area contributed by atoms with Crippen LogP contribution in [0, 0.1) is 0 Å². The molecule has 0 atom stereocenters. The average molecular weight is 267 g/mol. The quantitative estimate of drug-likeness (QED) is 0.726. The number of allylic oxidation sites excluding steroid dienone is 1. The van der Waals surface area contributed by atoms with Gasteiger partial charge in [-0.05, 0) is 50.3 Å². The van der Waals surface area contributed by atoms with Gasteiger partial charge in [-0.1, -0.05) is 24.6 Å². The Bertz CT molecular complexity index is 679. The normalized spacial score (nSPS) is 15.2. The van der Waals surface area contributed by atoms with Crippen LogP contribution in [-0.4, -0.2) is 11.8 Å². The van der Waals surface area contributed by atoms with E-state index in [-0.39, 0.29) is 0 Å². The second kappa shape index (κ2) is 5.60. The SMILES string of the molecule is COn1c(C(C)=C=C2CCCCC2)cc2ccccc21. The van der Waals surface area contributed by atoms with Gasteiger partial charge in [0.05, 0.1) is 11.2 Å². The summed E-state index contributed by atoms with van der Waals surface area (Å²) < 4.78 is 1.90. The Hall–Kier alpha value is -1.92. The number of para-hydroxylation sites is 1. The molecule has 0 amide bonds. The summed E-state index contributed by atoms with van der Waals surface area (Å²) in [5.74, 6) is 0. The summed E-state index contributed by atoms with van der Waals surface area (Å²) in [5, 5.41) is 1.21. The third-order valence-corrected chi connectivity index (χ3v) is 4.05. The maximum Gasteiger partial charge on any atom is 0.104 e. The molecular weight excluding hydrogens is 246 g/mol. The van der Waals surface area contributed by atoms with Crippen molar-refractivity contribution in [2.75, 3.05) is 7.11 Å². The van der Waals surface area contributed by atoms with Gasteiger partial charge in [0.25, 0.3) is 0 Å². The van der Waals surface area contributed by atoms with E-state index in [0.717, 1.165) is 11.2 Å². The second-order valence-electron chi connectivity index (χ2n) is 5.48. The molecule has 20 heavy (non-hydrogen) atoms. The molecule has 0 aliphatic heterocycles. The first-order valence-electron chi connectivity index (χ1n) is 7.40. The van der Waals surface area contributed by atoms with E-state index in [4.69, 9.17) is 4.84 Å². The van der Waals surface area contributed by atoms with Crippen molar-refractivity contribution in [2.45, 2.75) is 39.0 Å². The maximum atomic E-state index is 5.56. The van der Waals surface area contributed by atoms with Crippen LogP contribution in [0.25, 0.3) is 16.5 Å². The highest BCUT2D eigenvalue weighted by atomic mass is 16.6. The lowest BCUT2D eigenvalue weighted by Crippen LogP contribution is -2.08. The van der Waals surface area contributed by atoms with Crippen molar-refractivity contribution >= 4 is 16.5 Å². The fourth-order valence-electron chi connectivity index (χ4n) is 3.02. The molecule has 1 saturated carbocycles. The minimum Gasteiger partial charge on any atom is -0.416 e. The van der Waals surface area contributed by atoms with Gasteiger partial charge in [-0.15, -0.1) is 5.73 Å². The highest BCUT2D eigenvalue weighted by molar-refractivity contribution is 5.85. The van der Waals surface area contributed by atoms with Crippen LogP contribution in [0.2, 0.25) is 0 Å². The maximum absolute atomic E-state index is 5.56. The Morgan fingerprint density at radius 3 is 2.65 bits per heavy atom. The van der Waals surface area contributed by atoms with Crippen molar-refractivity contribution in [1.29, 1.82) is 0 Å². The first kappa shape index (κ1) is 13.1. The number of nitrogens with zero attached hydrogens (tertiary/aromatic N) is 1. The van der Waals surface area contributed by atoms with Crippen molar-refractivity contribution in [3.8, 4) is 0 Å². The molecular formula is C18H21NO. The molecule has 2 aromatic rings. The molecule has 3 rings (SSSR count). The van der Waals surface area contributed by atoms with E-state index in [9.17, 15) is 0 Å². The largest absolute Gasteiger partial charge is 0.416 e. The monoisotopic (exact) mass is 267 g/mol. The van der Waals surface area contributed by atoms with E-state index in [1.807, 2.05) is 10.8 Å². The van der Waals surface area contributed by atoms with Crippen LogP contribution in [0.1, 0.15) is 44.7 Å². The van der Waals surface area contributed by atoms with Gasteiger partial charge in [0.15, 0.2) is 0 Å². The highest BCUT2D eigenvalue weighted by Gasteiger charge is 2.11. The number of aromatic nitrogens is 1. The van der Waals surface area contributed by atoms with Gasteiger partial charge in [-0.25, -0.2) is 0 Å². The fourth-order valence-corrected chi connectivity index (χ4v) is 3.02. The number of fused-ring (bicyclic) bond motifs is 1. The molecule has 2 heteroatoms. The Labute approximate surface area is 120 Å². The Balaban J connectivity index is 2.11. The highest BCUT2D eigenvalue weighted by Crippen LogP contribution is 2.26. The summed E-state index contributed by atoms with van der Waals surface area (Å²) in [6, 6.07) is 10.5. The summed E-state index contributed by atoms with van der Waals surface area (Å²) in [6.45, 7) is 2.13. The molecule has 1 aromatic carbocycles. The topological polar surface area (TPSA) is 14.2 Å². The average Bonchev–Trinajstić information content (AvgIpc) is 2.87. The first-order valence-corrected chi connectivity index (χ1v) is 7.40. The standard InChI is InChI=1S/C18H21NO/c1-14(12-15-8-4-3-5-9-15)18-13-16-10-6-7-11-17(16)19(18)20-2/h6-7,10-11,13H,3-5,8-9H2,1-2H3. The molecule has 0 radical (unpaired) electrons. The van der Waals surface area contributed by atoms with Crippen LogP contribution in [0.15, 0.2) is 41.6 Å². The lowest BCUT2D eigenvalue weighted by Gasteiger charge is -2.12. The van der Waals surface area contributed by atoms with E-state index < -0.39 is 0 Å². The number of benzene rings is 1. The molecule has 2 nitrogen and oxygen atoms in total. The van der Waals surface area contributed by atoms with Gasteiger partial charge in [0, 0.05) is 11.0 Å². The van der Waals surface area contributed by atoms with Crippen LogP contribution in [0.4, 0.5) is 0 Å². The van der Waals surface area contributed by atoms with Crippen LogP contribution in [0.3, 0.4) is 0 Å². The zero-order chi connectivity index (χ0) is 13.9. The fraction of sp³-hybridized carbons (Fsp3) is 0.389. The molecule has 0 bridgehead atoms. The zero-order valence-corrected chi connectivity index (χ0v) is 12.3. The molecule has 104 valence electrons. The minimum absolute atomic E-state index is 1.10. The number of hydrogen-bond donors (Lipinski definition) is 0. The predicted molar refractivity (Wildman–Crippen MR) is 83.6 cm³/mol. The van der Waals surface area contributed by atoms with E-state index in [0.29, 0.717) is 0 Å². The third kappa shape index (κ3) is 2.39. The van der Waals surface area contributed by atoms with Gasteiger partial charge in [-0.2, -0.15) is 4.73 Å². The predicted octanol–water partition coefficient (Wildman–Crippen LogP) is 4.59. The third-order valence-electron chi connectivity index (χ3n) is 4.05. The van der Waals surface area contributed by atoms with Crippen LogP contribution < -0.4 is 4.84 Å². The van der Waals surface area contributed by atoms with Crippen molar-refractivity contribution in [2.24, 2.45) is 0 Å². The molecule has 1 heterocycles. The second-order valence-corrected chi connectivity index (χ2v) is 5.48. The summed E-state index contributed by atoms with van der Waals surface area (Å²) >= 11 is 0. The summed E-state index contributed by atoms with van der Waals surface area (Å²) in [6.07, 6.45) is 6.38. The number of rotatable bonds is 2. The van der Waals surface area contributed by atoms with E-state index >= 15 is 0 Å². The van der Waals surface area contributed by atoms with Crippen molar-refractivity contribution in [3.05, 3.63) is 47.3 Å². The first-order chi connectivity index (χ1) is 9.79. The smallest absolute Gasteiger partial charge is 0.104 e. The molecule has 0 saturated heterocycles. The Morgan fingerprint density at radius 2 is 1.90 bits per heavy atom. The van der Waals surface area contributed by atoms with Crippen LogP contribution in [0.5, 0.6) is 0 Å². The number of hydrogen-bond acceptors (Lipinski definition) is 1. The Kier molecular flexibility index (Phi) is 3.66. The summed E-state index contributed by atoms with van der Waals surface area (Å²) in [4.78, 5) is 5.56. The lowest BCUT2D eigenvalue weighted by atomic mass is 9.95. The minimum atomic E-state index is 1.10. The van der Waals surface area contributed by atoms with Gasteiger partial charge < -0.3 is 4.84 Å². The zero-order valence-electron chi connectivity index (χ0n) is 12.3. The van der Waals surface area contributed by atoms with E-state index in [1.165, 1.54) is 48.6 Å². The molecule has 0 spiro atoms. The van der Waals surface area contributed by atoms with Gasteiger partial charge >= 0.3 is 0 Å². The van der Waals surface area contributed by atoms with E-state index in [1.54, 1.807) is 7.11 Å². The van der Waals surface area contributed by atoms with Crippen molar-refractivity contribution in [1.82, 2.24) is 4.73 Å². The van der Waals surface area contributed by atoms with Gasteiger partial charge in [-0.3, -0.25) is 0 Å². The molecule has 1 aliphatic rings. The molecule has 1 fully saturated rings. The Morgan fingerprint density at radius 1 is 1.15 bits per heavy atom. The van der Waals surface area contributed by atoms with Gasteiger partial charge in [0.1, 0.15) is 7.11 Å². The van der Waals surface area contributed by atoms with Crippen LogP contribution >= 0.6 is 0 Å². The van der Waals surface area contributed by atoms with E-state index in [2.05, 4.69) is 36.9 Å². The van der Waals surface area contributed by atoms with Crippen LogP contribution in [-0.2, 0) is 0 Å². The van der Waals surface area contributed by atoms with Crippen molar-refractivity contribution < 1.29 is 4.84 Å². The van der Waals surface area contributed by atoms with Gasteiger partial charge in [0.2, 0.25) is 0 Å². The summed E-state index contributed by atoms with van der Waals surface area (Å²) in [7, 11) is 1.72. The summed E-state index contributed by atoms with van der Waals surface area (Å²) in [5.41, 5.74) is 8.44. The van der Waals surface area contributed by atoms with Crippen molar-refractivity contribution in [3.63, 3.8) is 0 Å². The molecule has 0 N–H and O–H groups in total. The molecule has 1 aromatic heterocycles. The molecule has 0 unspecified atom stereocenters.